The number of pyridine rings is 2. The fraction of sp³-hybridized carbons (Fsp3) is 0.684. The summed E-state index contributed by atoms with van der Waals surface area (Å²) in [6.07, 6.45) is -3.02. The molecule has 4 atom stereocenters. The molecule has 0 saturated carbocycles. The monoisotopic (exact) mass is 774 g/mol. The van der Waals surface area contributed by atoms with Gasteiger partial charge in [0.1, 0.15) is 24.3 Å². The van der Waals surface area contributed by atoms with Crippen LogP contribution in [0.1, 0.15) is 78.4 Å². The lowest BCUT2D eigenvalue weighted by Crippen LogP contribution is -2.53. The molecule has 2 saturated heterocycles. The lowest BCUT2D eigenvalue weighted by Gasteiger charge is -2.38. The number of ether oxygens (including phenoxy) is 2. The maximum atomic E-state index is 13.0. The number of carbonyl (C=O) groups is 2. The van der Waals surface area contributed by atoms with Gasteiger partial charge in [-0.3, -0.25) is 9.59 Å². The van der Waals surface area contributed by atoms with Gasteiger partial charge in [-0.1, -0.05) is 26.7 Å². The zero-order valence-corrected chi connectivity index (χ0v) is 32.5. The van der Waals surface area contributed by atoms with E-state index in [1.807, 2.05) is 0 Å². The average Bonchev–Trinajstić information content (AvgIpc) is 3.11. The van der Waals surface area contributed by atoms with Crippen molar-refractivity contribution < 1.29 is 45.4 Å². The number of piperidine rings is 2. The second-order valence-electron chi connectivity index (χ2n) is 15.7. The van der Waals surface area contributed by atoms with Crippen molar-refractivity contribution in [2.45, 2.75) is 91.7 Å². The number of alkyl halides is 6. The number of likely N-dealkylation sites (tertiary alicyclic amines) is 2. The van der Waals surface area contributed by atoms with Gasteiger partial charge in [0.2, 0.25) is 23.6 Å². The van der Waals surface area contributed by atoms with Crippen molar-refractivity contribution in [2.75, 3.05) is 53.5 Å². The quantitative estimate of drug-likeness (QED) is 0.230. The van der Waals surface area contributed by atoms with Crippen LogP contribution in [-0.2, 0) is 21.9 Å². The number of amides is 2. The van der Waals surface area contributed by atoms with Crippen LogP contribution >= 0.6 is 0 Å². The molecule has 0 bridgehead atoms. The number of aromatic nitrogens is 2. The summed E-state index contributed by atoms with van der Waals surface area (Å²) in [6.45, 7) is 14.1. The Hall–Kier alpha value is -3.66. The summed E-state index contributed by atoms with van der Waals surface area (Å²) in [5, 5.41) is 6.15. The van der Waals surface area contributed by atoms with Gasteiger partial charge in [0.15, 0.2) is 0 Å². The summed E-state index contributed by atoms with van der Waals surface area (Å²) >= 11 is 0. The van der Waals surface area contributed by atoms with Gasteiger partial charge in [0.05, 0.1) is 10.8 Å². The van der Waals surface area contributed by atoms with Crippen LogP contribution in [0.5, 0.6) is 11.8 Å². The summed E-state index contributed by atoms with van der Waals surface area (Å²) < 4.78 is 88.9. The van der Waals surface area contributed by atoms with Crippen molar-refractivity contribution in [1.82, 2.24) is 30.4 Å². The number of nitrogens with one attached hydrogen (secondary N) is 2. The maximum absolute atomic E-state index is 13.0. The molecule has 0 spiro atoms. The van der Waals surface area contributed by atoms with Gasteiger partial charge < -0.3 is 29.9 Å². The van der Waals surface area contributed by atoms with Crippen molar-refractivity contribution in [1.29, 1.82) is 0 Å². The van der Waals surface area contributed by atoms with E-state index in [-0.39, 0.29) is 37.1 Å². The standard InChI is InChI=1S/2C19H28F3N3O2/c2*1-5-13-11-25(4)10-8-15(13)24-17(26)18(2,3)12-27-16-14(19(20,21)22)7-6-9-23-16/h2*6-7,9,13,15H,5,8,10-12H2,1-4H3,(H,24,26)/t2*13-,15-/m10/s1. The Morgan fingerprint density at radius 2 is 1.06 bits per heavy atom. The summed E-state index contributed by atoms with van der Waals surface area (Å²) in [5.74, 6) is -0.734. The molecule has 2 aromatic heterocycles. The summed E-state index contributed by atoms with van der Waals surface area (Å²) in [7, 11) is 4.12. The first-order valence-corrected chi connectivity index (χ1v) is 18.4. The van der Waals surface area contributed by atoms with Gasteiger partial charge in [0, 0.05) is 37.6 Å². The van der Waals surface area contributed by atoms with Crippen LogP contribution in [0.4, 0.5) is 26.3 Å². The van der Waals surface area contributed by atoms with E-state index in [9.17, 15) is 35.9 Å². The van der Waals surface area contributed by atoms with Crippen molar-refractivity contribution in [2.24, 2.45) is 22.7 Å². The Morgan fingerprint density at radius 1 is 0.704 bits per heavy atom. The summed E-state index contributed by atoms with van der Waals surface area (Å²) in [5.41, 5.74) is -3.85. The fourth-order valence-electron chi connectivity index (χ4n) is 6.43. The summed E-state index contributed by atoms with van der Waals surface area (Å²) in [4.78, 5) is 37.3. The van der Waals surface area contributed by atoms with E-state index in [0.29, 0.717) is 11.8 Å². The van der Waals surface area contributed by atoms with Gasteiger partial charge in [-0.05, 0) is 104 Å². The Labute approximate surface area is 314 Å². The summed E-state index contributed by atoms with van der Waals surface area (Å²) in [6, 6.07) is 4.38. The molecular weight excluding hydrogens is 718 g/mol. The topological polar surface area (TPSA) is 109 Å². The molecule has 0 aliphatic carbocycles. The molecule has 2 aliphatic rings. The molecule has 0 unspecified atom stereocenters. The predicted molar refractivity (Wildman–Crippen MR) is 193 cm³/mol. The van der Waals surface area contributed by atoms with Crippen molar-refractivity contribution in [3.8, 4) is 11.8 Å². The van der Waals surface area contributed by atoms with Crippen LogP contribution in [0, 0.1) is 22.7 Å². The third kappa shape index (κ3) is 12.7. The molecular formula is C38H56F6N6O4. The molecule has 0 radical (unpaired) electrons. The van der Waals surface area contributed by atoms with Crippen LogP contribution in [0.25, 0.3) is 0 Å². The highest BCUT2D eigenvalue weighted by Gasteiger charge is 2.39. The molecule has 304 valence electrons. The first kappa shape index (κ1) is 44.7. The number of hydrogen-bond acceptors (Lipinski definition) is 8. The molecule has 2 aromatic rings. The molecule has 16 heteroatoms. The van der Waals surface area contributed by atoms with E-state index in [1.165, 1.54) is 24.5 Å². The predicted octanol–water partition coefficient (Wildman–Crippen LogP) is 6.70. The first-order chi connectivity index (χ1) is 25.1. The second-order valence-corrected chi connectivity index (χ2v) is 15.7. The maximum Gasteiger partial charge on any atom is 0.421 e. The highest BCUT2D eigenvalue weighted by molar-refractivity contribution is 5.82. The molecule has 10 nitrogen and oxygen atoms in total. The molecule has 54 heavy (non-hydrogen) atoms. The Morgan fingerprint density at radius 3 is 1.37 bits per heavy atom. The zero-order chi connectivity index (χ0) is 40.5. The lowest BCUT2D eigenvalue weighted by atomic mass is 9.87. The van der Waals surface area contributed by atoms with Crippen molar-refractivity contribution >= 4 is 11.8 Å². The van der Waals surface area contributed by atoms with Gasteiger partial charge in [-0.15, -0.1) is 0 Å². The zero-order valence-electron chi connectivity index (χ0n) is 32.5. The Kier molecular flexibility index (Phi) is 15.6. The first-order valence-electron chi connectivity index (χ1n) is 18.4. The van der Waals surface area contributed by atoms with E-state index >= 15 is 0 Å². The largest absolute Gasteiger partial charge is 0.476 e. The molecule has 2 amide bonds. The van der Waals surface area contributed by atoms with E-state index in [2.05, 4.69) is 58.3 Å². The highest BCUT2D eigenvalue weighted by Crippen LogP contribution is 2.36. The van der Waals surface area contributed by atoms with Crippen LogP contribution in [0.15, 0.2) is 36.7 Å². The van der Waals surface area contributed by atoms with Crippen LogP contribution < -0.4 is 20.1 Å². The van der Waals surface area contributed by atoms with Crippen LogP contribution in [0.3, 0.4) is 0 Å². The molecule has 4 rings (SSSR count). The van der Waals surface area contributed by atoms with E-state index in [0.717, 1.165) is 64.0 Å². The molecule has 4 heterocycles. The fourth-order valence-corrected chi connectivity index (χ4v) is 6.43. The minimum absolute atomic E-state index is 0.0681. The van der Waals surface area contributed by atoms with E-state index in [1.54, 1.807) is 27.7 Å². The third-order valence-corrected chi connectivity index (χ3v) is 10.1. The highest BCUT2D eigenvalue weighted by atomic mass is 19.4. The number of nitrogens with zero attached hydrogens (tertiary/aromatic N) is 4. The second kappa shape index (κ2) is 18.8. The average molecular weight is 775 g/mol. The number of halogens is 6. The van der Waals surface area contributed by atoms with Crippen molar-refractivity contribution in [3.63, 3.8) is 0 Å². The Bertz CT molecular complexity index is 1410. The van der Waals surface area contributed by atoms with Crippen molar-refractivity contribution in [3.05, 3.63) is 47.8 Å². The molecule has 2 fully saturated rings. The SMILES string of the molecule is CC[C@@H]1CN(C)CC[C@H]1NC(=O)C(C)(C)COc1ncccc1C(F)(F)F.CC[C@H]1CN(C)CC[C@@H]1NC(=O)C(C)(C)COc1ncccc1C(F)(F)F. The van der Waals surface area contributed by atoms with Gasteiger partial charge in [-0.25, -0.2) is 9.97 Å². The van der Waals surface area contributed by atoms with Gasteiger partial charge in [-0.2, -0.15) is 26.3 Å². The van der Waals surface area contributed by atoms with Gasteiger partial charge in [0.25, 0.3) is 0 Å². The number of rotatable bonds is 12. The smallest absolute Gasteiger partial charge is 0.421 e. The minimum Gasteiger partial charge on any atom is -0.476 e. The normalized spacial score (nSPS) is 21.7. The third-order valence-electron chi connectivity index (χ3n) is 10.1. The number of hydrogen-bond donors (Lipinski definition) is 2. The van der Waals surface area contributed by atoms with Crippen LogP contribution in [-0.4, -0.2) is 97.2 Å². The van der Waals surface area contributed by atoms with Crippen LogP contribution in [0.2, 0.25) is 0 Å². The Balaban J connectivity index is 0.000000290. The van der Waals surface area contributed by atoms with Gasteiger partial charge >= 0.3 is 12.4 Å². The molecule has 2 aliphatic heterocycles. The molecule has 2 N–H and O–H groups in total. The molecule has 0 aromatic carbocycles. The number of carbonyl (C=O) groups excluding carboxylic acids is 2. The lowest BCUT2D eigenvalue weighted by molar-refractivity contribution is -0.141. The van der Waals surface area contributed by atoms with E-state index < -0.39 is 46.1 Å². The van der Waals surface area contributed by atoms with E-state index in [4.69, 9.17) is 9.47 Å². The minimum atomic E-state index is -4.56.